The molecule has 90 valence electrons. The van der Waals surface area contributed by atoms with Gasteiger partial charge in [-0.15, -0.1) is 0 Å². The topological polar surface area (TPSA) is 36.4 Å². The minimum Gasteiger partial charge on any atom is -0.190 e. The predicted octanol–water partition coefficient (Wildman–Crippen LogP) is 4.56. The van der Waals surface area contributed by atoms with E-state index in [1.54, 1.807) is 0 Å². The van der Waals surface area contributed by atoms with Gasteiger partial charge < -0.3 is 0 Å². The van der Waals surface area contributed by atoms with Crippen molar-refractivity contribution in [2.24, 2.45) is 4.52 Å². The summed E-state index contributed by atoms with van der Waals surface area (Å²) in [5, 5.41) is 0. The normalized spacial score (nSPS) is 36.1. The summed E-state index contributed by atoms with van der Waals surface area (Å²) >= 11 is 0. The van der Waals surface area contributed by atoms with Crippen LogP contribution in [-0.2, 0) is 0 Å². The average molecular weight is 296 g/mol. The lowest BCUT2D eigenvalue weighted by Gasteiger charge is -2.22. The lowest BCUT2D eigenvalue weighted by molar-refractivity contribution is -0.106. The quantitative estimate of drug-likeness (QED) is 0.550. The fraction of sp³-hybridized carbons (Fsp3) is 1.00. The Morgan fingerprint density at radius 2 is 1.87 bits per heavy atom. The fourth-order valence-corrected chi connectivity index (χ4v) is 6.76. The van der Waals surface area contributed by atoms with Gasteiger partial charge in [-0.3, -0.25) is 0 Å². The van der Waals surface area contributed by atoms with E-state index in [9.17, 15) is 30.0 Å². The van der Waals surface area contributed by atoms with Gasteiger partial charge in [-0.2, -0.15) is 26.4 Å². The molecule has 0 saturated heterocycles. The second kappa shape index (κ2) is 4.08. The zero-order chi connectivity index (χ0) is 11.9. The number of hydrogen-bond acceptors (Lipinski definition) is 3. The van der Waals surface area contributed by atoms with Gasteiger partial charge in [-0.1, -0.05) is 0 Å². The summed E-state index contributed by atoms with van der Waals surface area (Å²) in [5.41, 5.74) is 0. The molecule has 1 aliphatic rings. The molecule has 0 bridgehead atoms. The number of alkyl halides is 3. The Bertz CT molecular complexity index is 300. The molecule has 1 heterocycles. The monoisotopic (exact) mass is 296 g/mol. The van der Waals surface area contributed by atoms with Gasteiger partial charge in [0, 0.05) is 8.39 Å². The molecule has 2 N–H and O–H groups in total. The van der Waals surface area contributed by atoms with Crippen LogP contribution in [0.4, 0.5) is 30.0 Å². The van der Waals surface area contributed by atoms with E-state index in [4.69, 9.17) is 0 Å². The highest BCUT2D eigenvalue weighted by Crippen LogP contribution is 2.77. The van der Waals surface area contributed by atoms with E-state index in [0.29, 0.717) is 0 Å². The summed E-state index contributed by atoms with van der Waals surface area (Å²) in [5.74, 6) is 0. The summed E-state index contributed by atoms with van der Waals surface area (Å²) in [6.45, 7) is 0. The first-order valence-electron chi connectivity index (χ1n) is 3.21. The number of nitrogens with one attached hydrogen (secondary N) is 2. The van der Waals surface area contributed by atoms with E-state index in [1.165, 1.54) is 4.86 Å². The Morgan fingerprint density at radius 1 is 1.33 bits per heavy atom. The van der Waals surface area contributed by atoms with Crippen LogP contribution in [0.25, 0.3) is 0 Å². The molecule has 0 radical (unpaired) electrons. The molecule has 0 spiro atoms. The predicted molar refractivity (Wildman–Crippen MR) is 44.8 cm³/mol. The van der Waals surface area contributed by atoms with E-state index in [1.807, 2.05) is 0 Å². The Kier molecular flexibility index (Phi) is 3.69. The maximum atomic E-state index is 13.2. The number of halogens is 7. The highest BCUT2D eigenvalue weighted by molar-refractivity contribution is 7.84. The molecule has 0 aromatic rings. The highest BCUT2D eigenvalue weighted by Gasteiger charge is 2.56. The van der Waals surface area contributed by atoms with E-state index in [-0.39, 0.29) is 0 Å². The van der Waals surface area contributed by atoms with Crippen LogP contribution >= 0.6 is 24.2 Å². The molecule has 2 atom stereocenters. The first-order valence-corrected chi connectivity index (χ1v) is 7.78. The zero-order valence-corrected chi connectivity index (χ0v) is 9.32. The molecule has 2 unspecified atom stereocenters. The molecule has 0 aromatic carbocycles. The van der Waals surface area contributed by atoms with Crippen LogP contribution in [0.15, 0.2) is 4.52 Å². The van der Waals surface area contributed by atoms with Crippen molar-refractivity contribution in [2.75, 3.05) is 6.16 Å². The largest absolute Gasteiger partial charge is 0.592 e. The molecule has 1 rings (SSSR count). The Balaban J connectivity index is 2.96. The van der Waals surface area contributed by atoms with E-state index >= 15 is 0 Å². The molecule has 3 nitrogen and oxygen atoms in total. The number of nitrogens with zero attached hydrogens (tertiary/aromatic N) is 1. The first-order chi connectivity index (χ1) is 6.52. The van der Waals surface area contributed by atoms with Gasteiger partial charge >= 0.3 is 14.4 Å². The van der Waals surface area contributed by atoms with Crippen LogP contribution in [0.3, 0.4) is 0 Å². The molecule has 0 aromatic heterocycles. The second-order valence-corrected chi connectivity index (χ2v) is 8.03. The number of hydrogen-bond donors (Lipinski definition) is 2. The maximum absolute atomic E-state index is 13.2. The molecular formula is C2H4F7N3P3+. The molecule has 0 saturated carbocycles. The van der Waals surface area contributed by atoms with Gasteiger partial charge in [0.2, 0.25) is 0 Å². The van der Waals surface area contributed by atoms with Crippen molar-refractivity contribution in [1.82, 2.24) is 9.72 Å². The number of rotatable bonds is 1. The lowest BCUT2D eigenvalue weighted by Crippen LogP contribution is -2.22. The molecule has 13 heteroatoms. The van der Waals surface area contributed by atoms with Gasteiger partial charge in [-0.05, 0) is 9.37 Å². The molecule has 15 heavy (non-hydrogen) atoms. The van der Waals surface area contributed by atoms with Crippen LogP contribution < -0.4 is 9.72 Å². The third-order valence-electron chi connectivity index (χ3n) is 1.09. The van der Waals surface area contributed by atoms with E-state index in [0.717, 1.165) is 4.86 Å². The van der Waals surface area contributed by atoms with Gasteiger partial charge in [0.15, 0.2) is 0 Å². The minimum absolute atomic E-state index is 1.02. The van der Waals surface area contributed by atoms with Gasteiger partial charge in [-0.25, -0.2) is 0 Å². The summed E-state index contributed by atoms with van der Waals surface area (Å²) in [6.07, 6.45) is -7.19. The van der Waals surface area contributed by atoms with Crippen molar-refractivity contribution in [3.05, 3.63) is 0 Å². The zero-order valence-electron chi connectivity index (χ0n) is 6.64. The van der Waals surface area contributed by atoms with Gasteiger partial charge in [0.05, 0.1) is 0 Å². The third kappa shape index (κ3) is 4.49. The minimum atomic E-state index is -5.46. The van der Waals surface area contributed by atoms with Crippen molar-refractivity contribution in [1.29, 1.82) is 0 Å². The van der Waals surface area contributed by atoms with E-state index < -0.39 is 36.6 Å². The van der Waals surface area contributed by atoms with Crippen LogP contribution in [0, 0.1) is 0 Å². The summed E-state index contributed by atoms with van der Waals surface area (Å²) in [4.78, 5) is 2.21. The Morgan fingerprint density at radius 3 is 2.27 bits per heavy atom. The van der Waals surface area contributed by atoms with Crippen molar-refractivity contribution in [2.45, 2.75) is 6.18 Å². The van der Waals surface area contributed by atoms with E-state index in [2.05, 4.69) is 4.52 Å². The maximum Gasteiger partial charge on any atom is 0.592 e. The van der Waals surface area contributed by atoms with Gasteiger partial charge in [0.25, 0.3) is 16.0 Å². The molecule has 1 aliphatic heterocycles. The Labute approximate surface area is 81.7 Å². The van der Waals surface area contributed by atoms with Crippen molar-refractivity contribution in [3.8, 4) is 0 Å². The second-order valence-electron chi connectivity index (χ2n) is 2.51. The first kappa shape index (κ1) is 13.6. The Hall–Kier alpha value is 0.520. The third-order valence-corrected chi connectivity index (χ3v) is 7.50. The molecule has 0 aliphatic carbocycles. The van der Waals surface area contributed by atoms with Crippen molar-refractivity contribution >= 4 is 24.2 Å². The van der Waals surface area contributed by atoms with Crippen LogP contribution in [0.1, 0.15) is 0 Å². The van der Waals surface area contributed by atoms with Crippen molar-refractivity contribution < 1.29 is 30.0 Å². The fourth-order valence-electron chi connectivity index (χ4n) is 0.785. The standard InChI is InChI=1S/C2H4F7N3P3/c3-2(4,5)1-14(7)10-13(6)11-15(8,9)12-14/h10-11H,1H2/q+1. The van der Waals surface area contributed by atoms with Crippen molar-refractivity contribution in [3.63, 3.8) is 0 Å². The average Bonchev–Trinajstić information content (AvgIpc) is 1.70. The van der Waals surface area contributed by atoms with Crippen LogP contribution in [0.5, 0.6) is 0 Å². The molecule has 0 fully saturated rings. The molecular weight excluding hydrogens is 292 g/mol. The summed E-state index contributed by atoms with van der Waals surface area (Å²) in [7, 11) is -13.8. The smallest absolute Gasteiger partial charge is 0.190 e. The SMILES string of the molecule is FP1NP(F)(CC(F)(F)F)=N[P+](F)(F)N1. The van der Waals surface area contributed by atoms with Gasteiger partial charge in [0.1, 0.15) is 6.16 Å². The lowest BCUT2D eigenvalue weighted by atomic mass is 10.8. The summed E-state index contributed by atoms with van der Waals surface area (Å²) in [6, 6.07) is 0. The molecule has 0 amide bonds. The summed E-state index contributed by atoms with van der Waals surface area (Å²) < 4.78 is 88.2. The highest BCUT2D eigenvalue weighted by atomic mass is 31.3. The van der Waals surface area contributed by atoms with Crippen LogP contribution in [0.2, 0.25) is 0 Å². The van der Waals surface area contributed by atoms with Crippen LogP contribution in [-0.4, -0.2) is 12.3 Å².